The van der Waals surface area contributed by atoms with Crippen molar-refractivity contribution >= 4 is 17.7 Å². The fourth-order valence-corrected chi connectivity index (χ4v) is 8.26. The molecule has 35 heavy (non-hydrogen) atoms. The lowest BCUT2D eigenvalue weighted by Gasteiger charge is -2.62. The van der Waals surface area contributed by atoms with Crippen molar-refractivity contribution in [2.45, 2.75) is 58.0 Å². The highest BCUT2D eigenvalue weighted by Crippen LogP contribution is 2.71. The SMILES string of the molecule is C=C1C(=O)[C@@]23C(=O)O[C@H]4CCC(C)(C)C5[C@H](O)OC[C@]54C2CC[C@@H]1[C@@H]3OC(=O)c1ccc(F)cc1. The lowest BCUT2D eigenvalue weighted by molar-refractivity contribution is -0.249. The molecule has 2 heterocycles. The predicted octanol–water partition coefficient (Wildman–Crippen LogP) is 3.20. The molecule has 0 aromatic heterocycles. The lowest BCUT2D eigenvalue weighted by Crippen LogP contribution is -2.71. The van der Waals surface area contributed by atoms with E-state index in [1.807, 2.05) is 0 Å². The monoisotopic (exact) mass is 484 g/mol. The average Bonchev–Trinajstić information content (AvgIpc) is 3.23. The number of ether oxygens (including phenoxy) is 3. The summed E-state index contributed by atoms with van der Waals surface area (Å²) >= 11 is 0. The van der Waals surface area contributed by atoms with Gasteiger partial charge in [-0.3, -0.25) is 9.59 Å². The van der Waals surface area contributed by atoms with E-state index in [0.717, 1.165) is 18.6 Å². The Labute approximate surface area is 202 Å². The van der Waals surface area contributed by atoms with Crippen molar-refractivity contribution < 1.29 is 38.1 Å². The van der Waals surface area contributed by atoms with E-state index in [2.05, 4.69) is 20.4 Å². The molecular weight excluding hydrogens is 455 g/mol. The Morgan fingerprint density at radius 3 is 2.60 bits per heavy atom. The van der Waals surface area contributed by atoms with Crippen LogP contribution in [0.25, 0.3) is 0 Å². The van der Waals surface area contributed by atoms with Crippen LogP contribution in [0, 0.1) is 39.8 Å². The first kappa shape index (κ1) is 22.9. The van der Waals surface area contributed by atoms with E-state index in [4.69, 9.17) is 14.2 Å². The van der Waals surface area contributed by atoms with Crippen molar-refractivity contribution in [3.05, 3.63) is 47.8 Å². The van der Waals surface area contributed by atoms with E-state index in [1.54, 1.807) is 0 Å². The Hall–Kier alpha value is -2.58. The number of halogens is 1. The largest absolute Gasteiger partial charge is 0.461 e. The van der Waals surface area contributed by atoms with E-state index >= 15 is 0 Å². The molecule has 2 aliphatic heterocycles. The number of carbonyl (C=O) groups excluding carboxylic acids is 3. The molecule has 1 N–H and O–H groups in total. The van der Waals surface area contributed by atoms with Crippen LogP contribution >= 0.6 is 0 Å². The summed E-state index contributed by atoms with van der Waals surface area (Å²) in [5.74, 6) is -3.74. The van der Waals surface area contributed by atoms with Crippen LogP contribution in [0.3, 0.4) is 0 Å². The minimum absolute atomic E-state index is 0.124. The number of aliphatic hydroxyl groups excluding tert-OH is 1. The second-order valence-electron chi connectivity index (χ2n) is 11.5. The number of fused-ring (bicyclic) bond motifs is 1. The van der Waals surface area contributed by atoms with Gasteiger partial charge in [0.15, 0.2) is 17.5 Å². The van der Waals surface area contributed by atoms with Gasteiger partial charge in [0.05, 0.1) is 12.2 Å². The summed E-state index contributed by atoms with van der Waals surface area (Å²) in [7, 11) is 0. The molecule has 2 saturated heterocycles. The van der Waals surface area contributed by atoms with Gasteiger partial charge in [-0.15, -0.1) is 0 Å². The fourth-order valence-electron chi connectivity index (χ4n) is 8.26. The number of carbonyl (C=O) groups is 3. The van der Waals surface area contributed by atoms with E-state index < -0.39 is 64.7 Å². The highest BCUT2D eigenvalue weighted by atomic mass is 19.1. The molecule has 5 aliphatic rings. The van der Waals surface area contributed by atoms with E-state index in [1.165, 1.54) is 12.1 Å². The molecule has 1 aromatic rings. The Balaban J connectivity index is 1.48. The zero-order valence-corrected chi connectivity index (χ0v) is 19.8. The second-order valence-corrected chi connectivity index (χ2v) is 11.5. The van der Waals surface area contributed by atoms with Crippen LogP contribution in [0.1, 0.15) is 49.9 Å². The summed E-state index contributed by atoms with van der Waals surface area (Å²) in [5, 5.41) is 10.9. The minimum Gasteiger partial charge on any atom is -0.461 e. The van der Waals surface area contributed by atoms with Crippen molar-refractivity contribution in [2.75, 3.05) is 6.61 Å². The maximum Gasteiger partial charge on any atom is 0.338 e. The number of ketones is 1. The van der Waals surface area contributed by atoms with Crippen LogP contribution in [0.4, 0.5) is 4.39 Å². The number of aliphatic hydroxyl groups is 1. The van der Waals surface area contributed by atoms with Crippen molar-refractivity contribution in [3.63, 3.8) is 0 Å². The summed E-state index contributed by atoms with van der Waals surface area (Å²) in [6.07, 6.45) is -0.213. The van der Waals surface area contributed by atoms with E-state index in [9.17, 15) is 23.9 Å². The van der Waals surface area contributed by atoms with Gasteiger partial charge in [0.25, 0.3) is 0 Å². The Morgan fingerprint density at radius 2 is 1.89 bits per heavy atom. The maximum absolute atomic E-state index is 13.9. The fraction of sp³-hybridized carbons (Fsp3) is 0.593. The van der Waals surface area contributed by atoms with Crippen LogP contribution in [0.5, 0.6) is 0 Å². The summed E-state index contributed by atoms with van der Waals surface area (Å²) in [6.45, 7) is 8.30. The highest BCUT2D eigenvalue weighted by Gasteiger charge is 2.81. The average molecular weight is 485 g/mol. The number of hydrogen-bond donors (Lipinski definition) is 1. The zero-order chi connectivity index (χ0) is 24.9. The maximum atomic E-state index is 13.9. The molecule has 6 rings (SSSR count). The Morgan fingerprint density at radius 1 is 1.17 bits per heavy atom. The van der Waals surface area contributed by atoms with Gasteiger partial charge in [-0.25, -0.2) is 9.18 Å². The Bertz CT molecular complexity index is 1140. The summed E-state index contributed by atoms with van der Waals surface area (Å²) in [4.78, 5) is 40.8. The molecule has 2 unspecified atom stereocenters. The van der Waals surface area contributed by atoms with Crippen molar-refractivity contribution in [2.24, 2.45) is 34.0 Å². The molecule has 8 atom stereocenters. The number of hydrogen-bond acceptors (Lipinski definition) is 7. The van der Waals surface area contributed by atoms with Crippen molar-refractivity contribution in [1.29, 1.82) is 0 Å². The molecule has 1 aromatic carbocycles. The van der Waals surface area contributed by atoms with Crippen LogP contribution < -0.4 is 0 Å². The van der Waals surface area contributed by atoms with Crippen LogP contribution in [0.2, 0.25) is 0 Å². The van der Waals surface area contributed by atoms with Crippen LogP contribution in [-0.2, 0) is 23.8 Å². The second kappa shape index (κ2) is 7.23. The summed E-state index contributed by atoms with van der Waals surface area (Å²) < 4.78 is 31.2. The van der Waals surface area contributed by atoms with Gasteiger partial charge in [0, 0.05) is 17.3 Å². The molecule has 0 amide bonds. The molecule has 2 spiro atoms. The highest BCUT2D eigenvalue weighted by molar-refractivity contribution is 6.16. The van der Waals surface area contributed by atoms with Gasteiger partial charge < -0.3 is 19.3 Å². The van der Waals surface area contributed by atoms with Crippen molar-refractivity contribution in [1.82, 2.24) is 0 Å². The van der Waals surface area contributed by atoms with Gasteiger partial charge >= 0.3 is 11.9 Å². The normalized spacial score (nSPS) is 43.1. The molecule has 7 nitrogen and oxygen atoms in total. The smallest absolute Gasteiger partial charge is 0.338 e. The van der Waals surface area contributed by atoms with Gasteiger partial charge in [-0.1, -0.05) is 20.4 Å². The molecule has 8 heteroatoms. The minimum atomic E-state index is -1.73. The summed E-state index contributed by atoms with van der Waals surface area (Å²) in [6, 6.07) is 4.93. The number of esters is 2. The third-order valence-corrected chi connectivity index (χ3v) is 9.66. The third-order valence-electron chi connectivity index (χ3n) is 9.66. The molecule has 186 valence electrons. The number of Topliss-reactive ketones (excluding diaryl/α,β-unsaturated/α-hetero) is 1. The number of rotatable bonds is 2. The first-order valence-electron chi connectivity index (χ1n) is 12.3. The quantitative estimate of drug-likeness (QED) is 0.391. The van der Waals surface area contributed by atoms with Gasteiger partial charge in [-0.05, 0) is 66.9 Å². The summed E-state index contributed by atoms with van der Waals surface area (Å²) in [5.41, 5.74) is -2.43. The molecular formula is C27H29FO7. The lowest BCUT2D eigenvalue weighted by atomic mass is 9.43. The van der Waals surface area contributed by atoms with E-state index in [0.29, 0.717) is 19.3 Å². The molecule has 3 saturated carbocycles. The molecule has 5 fully saturated rings. The first-order chi connectivity index (χ1) is 16.5. The van der Waals surface area contributed by atoms with Crippen molar-refractivity contribution in [3.8, 4) is 0 Å². The third kappa shape index (κ3) is 2.70. The van der Waals surface area contributed by atoms with Crippen LogP contribution in [-0.4, -0.2) is 47.9 Å². The first-order valence-corrected chi connectivity index (χ1v) is 12.3. The number of benzene rings is 1. The zero-order valence-electron chi connectivity index (χ0n) is 19.8. The standard InChI is InChI=1S/C27H29FO7/c1-13-16-8-9-17-26-12-33-23(31)19(26)25(2,3)11-10-18(26)34-24(32)27(17,20(13)29)21(16)35-22(30)14-4-6-15(28)7-5-14/h4-7,16-19,21,23,31H,1,8-12H2,2-3H3/t16-,17?,18-,19?,21-,23+,26+,27-/m0/s1. The van der Waals surface area contributed by atoms with Gasteiger partial charge in [0.2, 0.25) is 0 Å². The molecule has 0 radical (unpaired) electrons. The van der Waals surface area contributed by atoms with Crippen LogP contribution in [0.15, 0.2) is 36.4 Å². The molecule has 3 aliphatic carbocycles. The predicted molar refractivity (Wildman–Crippen MR) is 119 cm³/mol. The Kier molecular flexibility index (Phi) is 4.72. The molecule has 2 bridgehead atoms. The van der Waals surface area contributed by atoms with Gasteiger partial charge in [-0.2, -0.15) is 0 Å². The van der Waals surface area contributed by atoms with E-state index in [-0.39, 0.29) is 29.1 Å². The van der Waals surface area contributed by atoms with Gasteiger partial charge in [0.1, 0.15) is 18.0 Å². The topological polar surface area (TPSA) is 99.1 Å².